The van der Waals surface area contributed by atoms with Crippen LogP contribution in [-0.2, 0) is 0 Å². The summed E-state index contributed by atoms with van der Waals surface area (Å²) in [5.41, 5.74) is 0.741. The predicted molar refractivity (Wildman–Crippen MR) is 79.7 cm³/mol. The third-order valence-electron chi connectivity index (χ3n) is 4.16. The summed E-state index contributed by atoms with van der Waals surface area (Å²) in [6.45, 7) is -0.692. The van der Waals surface area contributed by atoms with E-state index in [9.17, 15) is 8.78 Å². The zero-order valence-corrected chi connectivity index (χ0v) is 12.8. The quantitative estimate of drug-likeness (QED) is 0.889. The smallest absolute Gasteiger partial charge is 0.387 e. The SMILES string of the molecule is FC(F)Oc1c(Cl)cc(NC2CCN3CCCC23)cc1Cl. The summed E-state index contributed by atoms with van der Waals surface area (Å²) in [6, 6.07) is 4.06. The molecular weight excluding hydrogens is 321 g/mol. The van der Waals surface area contributed by atoms with Gasteiger partial charge in [0.15, 0.2) is 5.75 Å². The van der Waals surface area contributed by atoms with Crippen molar-refractivity contribution in [2.24, 2.45) is 0 Å². The number of nitrogens with zero attached hydrogens (tertiary/aromatic N) is 1. The maximum Gasteiger partial charge on any atom is 0.387 e. The second-order valence-corrected chi connectivity index (χ2v) is 6.25. The highest BCUT2D eigenvalue weighted by Gasteiger charge is 2.37. The highest BCUT2D eigenvalue weighted by atomic mass is 35.5. The van der Waals surface area contributed by atoms with E-state index in [1.807, 2.05) is 0 Å². The van der Waals surface area contributed by atoms with Gasteiger partial charge in [-0.2, -0.15) is 8.78 Å². The van der Waals surface area contributed by atoms with Crippen LogP contribution in [0.3, 0.4) is 0 Å². The number of fused-ring (bicyclic) bond motifs is 1. The number of halogens is 4. The number of anilines is 1. The van der Waals surface area contributed by atoms with Crippen molar-refractivity contribution < 1.29 is 13.5 Å². The molecule has 3 rings (SSSR count). The largest absolute Gasteiger partial charge is 0.432 e. The molecule has 0 saturated carbocycles. The van der Waals surface area contributed by atoms with Gasteiger partial charge in [-0.15, -0.1) is 0 Å². The van der Waals surface area contributed by atoms with Gasteiger partial charge < -0.3 is 10.1 Å². The minimum atomic E-state index is -2.94. The van der Waals surface area contributed by atoms with Crippen LogP contribution < -0.4 is 10.1 Å². The van der Waals surface area contributed by atoms with Crippen LogP contribution in [0.2, 0.25) is 10.0 Å². The van der Waals surface area contributed by atoms with Crippen LogP contribution in [-0.4, -0.2) is 36.7 Å². The van der Waals surface area contributed by atoms with Crippen LogP contribution in [0.5, 0.6) is 5.75 Å². The van der Waals surface area contributed by atoms with Gasteiger partial charge in [0.2, 0.25) is 0 Å². The fraction of sp³-hybridized carbons (Fsp3) is 0.571. The highest BCUT2D eigenvalue weighted by molar-refractivity contribution is 6.37. The molecule has 3 nitrogen and oxygen atoms in total. The number of nitrogens with one attached hydrogen (secondary N) is 1. The second kappa shape index (κ2) is 6.15. The van der Waals surface area contributed by atoms with E-state index >= 15 is 0 Å². The summed E-state index contributed by atoms with van der Waals surface area (Å²) in [5, 5.41) is 3.60. The molecule has 0 amide bonds. The Hall–Kier alpha value is -0.780. The summed E-state index contributed by atoms with van der Waals surface area (Å²) in [5.74, 6) is -0.173. The minimum Gasteiger partial charge on any atom is -0.432 e. The van der Waals surface area contributed by atoms with Gasteiger partial charge in [0.25, 0.3) is 0 Å². The lowest BCUT2D eigenvalue weighted by Gasteiger charge is -2.23. The first-order chi connectivity index (χ1) is 10.0. The highest BCUT2D eigenvalue weighted by Crippen LogP contribution is 2.38. The van der Waals surface area contributed by atoms with Gasteiger partial charge in [-0.05, 0) is 37.9 Å². The summed E-state index contributed by atoms with van der Waals surface area (Å²) in [6.07, 6.45) is 3.48. The Kier molecular flexibility index (Phi) is 4.43. The van der Waals surface area contributed by atoms with Crippen molar-refractivity contribution in [3.63, 3.8) is 0 Å². The summed E-state index contributed by atoms with van der Waals surface area (Å²) >= 11 is 12.0. The summed E-state index contributed by atoms with van der Waals surface area (Å²) in [7, 11) is 0. The maximum atomic E-state index is 12.3. The van der Waals surface area contributed by atoms with Crippen LogP contribution in [0.15, 0.2) is 12.1 Å². The number of alkyl halides is 2. The zero-order chi connectivity index (χ0) is 15.0. The van der Waals surface area contributed by atoms with Crippen molar-refractivity contribution in [1.29, 1.82) is 0 Å². The molecule has 0 aromatic heterocycles. The van der Waals surface area contributed by atoms with Gasteiger partial charge in [-0.3, -0.25) is 4.90 Å². The number of benzene rings is 1. The van der Waals surface area contributed by atoms with E-state index in [4.69, 9.17) is 23.2 Å². The van der Waals surface area contributed by atoms with Gasteiger partial charge in [-0.25, -0.2) is 0 Å². The molecule has 21 heavy (non-hydrogen) atoms. The van der Waals surface area contributed by atoms with Crippen molar-refractivity contribution in [2.45, 2.75) is 38.0 Å². The number of hydrogen-bond acceptors (Lipinski definition) is 3. The average molecular weight is 337 g/mol. The molecule has 116 valence electrons. The summed E-state index contributed by atoms with van der Waals surface area (Å²) in [4.78, 5) is 2.48. The molecule has 2 saturated heterocycles. The van der Waals surface area contributed by atoms with E-state index in [0.29, 0.717) is 12.1 Å². The van der Waals surface area contributed by atoms with Crippen molar-refractivity contribution in [1.82, 2.24) is 4.90 Å². The Balaban J connectivity index is 1.74. The molecule has 0 radical (unpaired) electrons. The van der Waals surface area contributed by atoms with E-state index in [-0.39, 0.29) is 15.8 Å². The van der Waals surface area contributed by atoms with Crippen molar-refractivity contribution in [2.75, 3.05) is 18.4 Å². The molecule has 1 aromatic rings. The topological polar surface area (TPSA) is 24.5 Å². The second-order valence-electron chi connectivity index (χ2n) is 5.43. The number of hydrogen-bond donors (Lipinski definition) is 1. The fourth-order valence-electron chi connectivity index (χ4n) is 3.31. The van der Waals surface area contributed by atoms with Gasteiger partial charge in [0, 0.05) is 24.3 Å². The normalized spacial score (nSPS) is 25.4. The lowest BCUT2D eigenvalue weighted by molar-refractivity contribution is -0.0497. The van der Waals surface area contributed by atoms with E-state index in [1.165, 1.54) is 12.8 Å². The van der Waals surface area contributed by atoms with Gasteiger partial charge in [0.05, 0.1) is 10.0 Å². The van der Waals surface area contributed by atoms with Crippen LogP contribution in [0, 0.1) is 0 Å². The lowest BCUT2D eigenvalue weighted by Crippen LogP contribution is -2.33. The van der Waals surface area contributed by atoms with Crippen molar-refractivity contribution in [3.05, 3.63) is 22.2 Å². The molecule has 2 atom stereocenters. The van der Waals surface area contributed by atoms with Crippen LogP contribution in [0.4, 0.5) is 14.5 Å². The van der Waals surface area contributed by atoms with Crippen LogP contribution >= 0.6 is 23.2 Å². The number of ether oxygens (including phenoxy) is 1. The van der Waals surface area contributed by atoms with Crippen LogP contribution in [0.25, 0.3) is 0 Å². The third-order valence-corrected chi connectivity index (χ3v) is 4.72. The van der Waals surface area contributed by atoms with E-state index in [2.05, 4.69) is 15.0 Å². The third kappa shape index (κ3) is 3.20. The summed E-state index contributed by atoms with van der Waals surface area (Å²) < 4.78 is 28.9. The van der Waals surface area contributed by atoms with E-state index in [0.717, 1.165) is 25.2 Å². The Morgan fingerprint density at radius 3 is 2.57 bits per heavy atom. The van der Waals surface area contributed by atoms with Crippen LogP contribution in [0.1, 0.15) is 19.3 Å². The van der Waals surface area contributed by atoms with E-state index in [1.54, 1.807) is 12.1 Å². The van der Waals surface area contributed by atoms with Crippen molar-refractivity contribution >= 4 is 28.9 Å². The first kappa shape index (κ1) is 15.1. The van der Waals surface area contributed by atoms with Crippen molar-refractivity contribution in [3.8, 4) is 5.75 Å². The Bertz CT molecular complexity index is 507. The Labute approximate surface area is 132 Å². The predicted octanol–water partition coefficient (Wildman–Crippen LogP) is 4.24. The first-order valence-corrected chi connectivity index (χ1v) is 7.74. The van der Waals surface area contributed by atoms with Gasteiger partial charge in [0.1, 0.15) is 0 Å². The molecule has 0 aliphatic carbocycles. The average Bonchev–Trinajstić information content (AvgIpc) is 2.99. The molecule has 2 heterocycles. The molecule has 2 aliphatic heterocycles. The monoisotopic (exact) mass is 336 g/mol. The Morgan fingerprint density at radius 1 is 1.19 bits per heavy atom. The maximum absolute atomic E-state index is 12.3. The molecule has 2 fully saturated rings. The molecule has 1 aromatic carbocycles. The first-order valence-electron chi connectivity index (χ1n) is 6.99. The fourth-order valence-corrected chi connectivity index (χ4v) is 3.89. The molecule has 0 bridgehead atoms. The number of rotatable bonds is 4. The van der Waals surface area contributed by atoms with Gasteiger partial charge in [-0.1, -0.05) is 23.2 Å². The molecular formula is C14H16Cl2F2N2O. The van der Waals surface area contributed by atoms with Gasteiger partial charge >= 0.3 is 6.61 Å². The van der Waals surface area contributed by atoms with E-state index < -0.39 is 6.61 Å². The lowest BCUT2D eigenvalue weighted by atomic mass is 10.1. The molecule has 7 heteroatoms. The molecule has 0 spiro atoms. The Morgan fingerprint density at radius 2 is 1.90 bits per heavy atom. The molecule has 2 unspecified atom stereocenters. The molecule has 2 aliphatic rings. The molecule has 1 N–H and O–H groups in total. The standard InChI is InChI=1S/C14H16Cl2F2N2O/c15-9-6-8(7-10(16)13(9)21-14(17)18)19-11-3-5-20-4-1-2-12(11)20/h6-7,11-12,14,19H,1-5H2. The minimum absolute atomic E-state index is 0.0894. The zero-order valence-electron chi connectivity index (χ0n) is 11.3.